The number of carbonyl (C=O) groups excluding carboxylic acids is 1. The first-order valence-corrected chi connectivity index (χ1v) is 6.69. The predicted octanol–water partition coefficient (Wildman–Crippen LogP) is 1.81. The number of rotatable bonds is 2. The van der Waals surface area contributed by atoms with Gasteiger partial charge in [-0.2, -0.15) is 28.4 Å². The third kappa shape index (κ3) is 2.82. The maximum absolute atomic E-state index is 13.0. The molecular formula is C11H12BrF3N4O2. The number of alkyl halides is 3. The monoisotopic (exact) mass is 368 g/mol. The van der Waals surface area contributed by atoms with Gasteiger partial charge in [0.05, 0.1) is 10.2 Å². The van der Waals surface area contributed by atoms with E-state index >= 15 is 0 Å². The van der Waals surface area contributed by atoms with Crippen molar-refractivity contribution in [2.45, 2.75) is 38.7 Å². The molecule has 1 aromatic rings. The minimum Gasteiger partial charge on any atom is -0.362 e. The minimum atomic E-state index is -5.00. The van der Waals surface area contributed by atoms with E-state index in [-0.39, 0.29) is 10.7 Å². The fourth-order valence-electron chi connectivity index (χ4n) is 1.98. The molecule has 0 radical (unpaired) electrons. The molecule has 116 valence electrons. The third-order valence-corrected chi connectivity index (χ3v) is 3.78. The number of aryl methyl sites for hydroxylation is 1. The molecule has 1 N–H and O–H groups in total. The van der Waals surface area contributed by atoms with E-state index in [1.165, 1.54) is 17.8 Å². The molecule has 2 rings (SSSR count). The summed E-state index contributed by atoms with van der Waals surface area (Å²) < 4.78 is 40.8. The normalized spacial score (nSPS) is 22.6. The van der Waals surface area contributed by atoms with Gasteiger partial charge in [-0.05, 0) is 29.8 Å². The smallest absolute Gasteiger partial charge is 0.362 e. The lowest BCUT2D eigenvalue weighted by molar-refractivity contribution is -0.302. The molecule has 1 aliphatic heterocycles. The van der Waals surface area contributed by atoms with Crippen molar-refractivity contribution in [3.8, 4) is 0 Å². The highest BCUT2D eigenvalue weighted by Crippen LogP contribution is 2.40. The van der Waals surface area contributed by atoms with Crippen LogP contribution in [0.1, 0.15) is 19.0 Å². The van der Waals surface area contributed by atoms with E-state index < -0.39 is 30.8 Å². The van der Waals surface area contributed by atoms with Crippen molar-refractivity contribution in [1.82, 2.24) is 14.8 Å². The Morgan fingerprint density at radius 1 is 1.52 bits per heavy atom. The lowest BCUT2D eigenvalue weighted by Gasteiger charge is -2.32. The van der Waals surface area contributed by atoms with Gasteiger partial charge in [-0.15, -0.1) is 0 Å². The van der Waals surface area contributed by atoms with Gasteiger partial charge in [-0.25, -0.2) is 0 Å². The van der Waals surface area contributed by atoms with Crippen molar-refractivity contribution in [3.63, 3.8) is 0 Å². The number of hydrogen-bond donors (Lipinski definition) is 1. The van der Waals surface area contributed by atoms with Gasteiger partial charge < -0.3 is 5.11 Å². The highest BCUT2D eigenvalue weighted by Gasteiger charge is 2.62. The Morgan fingerprint density at radius 3 is 2.62 bits per heavy atom. The van der Waals surface area contributed by atoms with Gasteiger partial charge in [0, 0.05) is 18.3 Å². The number of carbonyl (C=O) groups is 1. The topological polar surface area (TPSA) is 70.7 Å². The summed E-state index contributed by atoms with van der Waals surface area (Å²) in [6.45, 7) is 2.54. The van der Waals surface area contributed by atoms with Crippen molar-refractivity contribution < 1.29 is 23.1 Å². The van der Waals surface area contributed by atoms with Gasteiger partial charge in [-0.3, -0.25) is 9.48 Å². The average Bonchev–Trinajstić information content (AvgIpc) is 2.79. The first kappa shape index (κ1) is 16.0. The molecule has 1 aromatic heterocycles. The molecular weight excluding hydrogens is 357 g/mol. The second-order valence-corrected chi connectivity index (χ2v) is 5.65. The first-order valence-electron chi connectivity index (χ1n) is 5.90. The highest BCUT2D eigenvalue weighted by molar-refractivity contribution is 9.10. The van der Waals surface area contributed by atoms with Crippen molar-refractivity contribution in [2.24, 2.45) is 5.10 Å². The molecule has 0 bridgehead atoms. The number of nitrogens with zero attached hydrogens (tertiary/aromatic N) is 4. The van der Waals surface area contributed by atoms with Crippen LogP contribution in [-0.2, 0) is 11.3 Å². The van der Waals surface area contributed by atoms with Crippen LogP contribution in [0, 0.1) is 6.92 Å². The molecule has 0 unspecified atom stereocenters. The lowest BCUT2D eigenvalue weighted by Crippen LogP contribution is -2.57. The molecule has 1 amide bonds. The van der Waals surface area contributed by atoms with E-state index in [9.17, 15) is 23.1 Å². The summed E-state index contributed by atoms with van der Waals surface area (Å²) in [5.74, 6) is -0.998. The van der Waals surface area contributed by atoms with Gasteiger partial charge in [0.2, 0.25) is 0 Å². The quantitative estimate of drug-likeness (QED) is 0.865. The lowest BCUT2D eigenvalue weighted by atomic mass is 10.1. The standard InChI is InChI=1S/C11H12BrF3N4O2/c1-6-3-10(21,11(13,14)15)19(16-6)9(20)5-18-4-8(12)7(2)17-18/h4,21H,3,5H2,1-2H3/t10-/m0/s1. The largest absolute Gasteiger partial charge is 0.438 e. The Labute approximate surface area is 126 Å². The van der Waals surface area contributed by atoms with E-state index in [1.807, 2.05) is 0 Å². The summed E-state index contributed by atoms with van der Waals surface area (Å²) in [5.41, 5.74) is -2.68. The number of aromatic nitrogens is 2. The van der Waals surface area contributed by atoms with Crippen molar-refractivity contribution in [3.05, 3.63) is 16.4 Å². The fraction of sp³-hybridized carbons (Fsp3) is 0.545. The van der Waals surface area contributed by atoms with Gasteiger partial charge in [0.15, 0.2) is 0 Å². The SMILES string of the molecule is CC1=NN(C(=O)Cn2cc(Br)c(C)n2)[C@@](O)(C(F)(F)F)C1. The van der Waals surface area contributed by atoms with Crippen molar-refractivity contribution in [2.75, 3.05) is 0 Å². The summed E-state index contributed by atoms with van der Waals surface area (Å²) in [6.07, 6.45) is -4.29. The van der Waals surface area contributed by atoms with Gasteiger partial charge >= 0.3 is 6.18 Å². The summed E-state index contributed by atoms with van der Waals surface area (Å²) in [4.78, 5) is 12.0. The number of halogens is 4. The Bertz CT molecular complexity index is 594. The van der Waals surface area contributed by atoms with Gasteiger partial charge in [0.1, 0.15) is 6.54 Å². The van der Waals surface area contributed by atoms with Crippen LogP contribution in [0.4, 0.5) is 13.2 Å². The summed E-state index contributed by atoms with van der Waals surface area (Å²) >= 11 is 3.19. The van der Waals surface area contributed by atoms with E-state index in [2.05, 4.69) is 26.1 Å². The summed E-state index contributed by atoms with van der Waals surface area (Å²) in [5, 5.41) is 17.4. The number of hydrogen-bond acceptors (Lipinski definition) is 4. The van der Waals surface area contributed by atoms with E-state index in [1.54, 1.807) is 6.92 Å². The second kappa shape index (κ2) is 5.09. The number of hydrazone groups is 1. The van der Waals surface area contributed by atoms with Crippen LogP contribution in [0.25, 0.3) is 0 Å². The van der Waals surface area contributed by atoms with Crippen LogP contribution in [0.5, 0.6) is 0 Å². The zero-order chi connectivity index (χ0) is 16.0. The highest BCUT2D eigenvalue weighted by atomic mass is 79.9. The third-order valence-electron chi connectivity index (χ3n) is 3.00. The fourth-order valence-corrected chi connectivity index (χ4v) is 2.30. The Hall–Kier alpha value is -1.42. The average molecular weight is 369 g/mol. The molecule has 1 aliphatic rings. The molecule has 0 saturated heterocycles. The number of amides is 1. The molecule has 6 nitrogen and oxygen atoms in total. The van der Waals surface area contributed by atoms with Crippen molar-refractivity contribution >= 4 is 27.5 Å². The summed E-state index contributed by atoms with van der Waals surface area (Å²) in [7, 11) is 0. The van der Waals surface area contributed by atoms with E-state index in [4.69, 9.17) is 0 Å². The predicted molar refractivity (Wildman–Crippen MR) is 70.2 cm³/mol. The maximum Gasteiger partial charge on any atom is 0.438 e. The zero-order valence-electron chi connectivity index (χ0n) is 11.1. The van der Waals surface area contributed by atoms with Crippen molar-refractivity contribution in [1.29, 1.82) is 0 Å². The van der Waals surface area contributed by atoms with Crippen LogP contribution in [0.3, 0.4) is 0 Å². The first-order chi connectivity index (χ1) is 9.54. The van der Waals surface area contributed by atoms with E-state index in [0.717, 1.165) is 0 Å². The maximum atomic E-state index is 13.0. The van der Waals surface area contributed by atoms with Crippen LogP contribution in [0.15, 0.2) is 15.8 Å². The molecule has 0 aliphatic carbocycles. The van der Waals surface area contributed by atoms with Crippen LogP contribution in [0.2, 0.25) is 0 Å². The molecule has 10 heteroatoms. The van der Waals surface area contributed by atoms with Crippen LogP contribution >= 0.6 is 15.9 Å². The second-order valence-electron chi connectivity index (χ2n) is 4.79. The van der Waals surface area contributed by atoms with Crippen LogP contribution in [-0.4, -0.2) is 43.4 Å². The molecule has 2 heterocycles. The number of aliphatic hydroxyl groups is 1. The molecule has 0 aromatic carbocycles. The molecule has 1 atom stereocenters. The zero-order valence-corrected chi connectivity index (χ0v) is 12.7. The van der Waals surface area contributed by atoms with E-state index in [0.29, 0.717) is 10.2 Å². The van der Waals surface area contributed by atoms with Gasteiger partial charge in [-0.1, -0.05) is 0 Å². The molecule has 0 fully saturated rings. The molecule has 21 heavy (non-hydrogen) atoms. The van der Waals surface area contributed by atoms with Crippen LogP contribution < -0.4 is 0 Å². The van der Waals surface area contributed by atoms with Gasteiger partial charge in [0.25, 0.3) is 11.6 Å². The molecule has 0 saturated carbocycles. The Kier molecular flexibility index (Phi) is 3.87. The molecule has 0 spiro atoms. The minimum absolute atomic E-state index is 0.0287. The Morgan fingerprint density at radius 2 is 2.14 bits per heavy atom. The Balaban J connectivity index is 2.24. The summed E-state index contributed by atoms with van der Waals surface area (Å²) in [6, 6.07) is 0.